The highest BCUT2D eigenvalue weighted by molar-refractivity contribution is 5.94. The van der Waals surface area contributed by atoms with Gasteiger partial charge in [-0.1, -0.05) is 42.5 Å². The highest BCUT2D eigenvalue weighted by Gasteiger charge is 2.13. The van der Waals surface area contributed by atoms with E-state index in [-0.39, 0.29) is 0 Å². The van der Waals surface area contributed by atoms with Crippen molar-refractivity contribution in [2.45, 2.75) is 13.0 Å². The Hall–Kier alpha value is -3.87. The molecular weight excluding hydrogens is 352 g/mol. The summed E-state index contributed by atoms with van der Waals surface area (Å²) in [6.07, 6.45) is 7.53. The Morgan fingerprint density at radius 1 is 0.929 bits per heavy atom. The second kappa shape index (κ2) is 8.68. The second-order valence-electron chi connectivity index (χ2n) is 6.45. The molecule has 0 aliphatic heterocycles. The summed E-state index contributed by atoms with van der Waals surface area (Å²) in [5.41, 5.74) is 11.0. The Morgan fingerprint density at radius 3 is 2.32 bits per heavy atom. The fourth-order valence-corrected chi connectivity index (χ4v) is 3.11. The molecule has 7 nitrogen and oxygen atoms in total. The molecular formula is C21H22N6O. The summed E-state index contributed by atoms with van der Waals surface area (Å²) in [6.45, 7) is 0.610. The number of hydrogen-bond acceptors (Lipinski definition) is 5. The van der Waals surface area contributed by atoms with E-state index in [0.29, 0.717) is 18.5 Å². The lowest BCUT2D eigenvalue weighted by atomic mass is 10.0. The van der Waals surface area contributed by atoms with Crippen LogP contribution in [0, 0.1) is 0 Å². The quantitative estimate of drug-likeness (QED) is 0.332. The monoisotopic (exact) mass is 374 g/mol. The van der Waals surface area contributed by atoms with Gasteiger partial charge in [-0.2, -0.15) is 10.2 Å². The largest absolute Gasteiger partial charge is 0.366 e. The number of primary amides is 1. The fourth-order valence-electron chi connectivity index (χ4n) is 3.11. The van der Waals surface area contributed by atoms with Crippen LogP contribution in [0.25, 0.3) is 0 Å². The number of amides is 1. The first-order chi connectivity index (χ1) is 13.6. The highest BCUT2D eigenvalue weighted by Crippen LogP contribution is 2.18. The van der Waals surface area contributed by atoms with Crippen molar-refractivity contribution in [1.29, 1.82) is 0 Å². The maximum absolute atomic E-state index is 11.9. The van der Waals surface area contributed by atoms with Gasteiger partial charge in [-0.15, -0.1) is 0 Å². The molecule has 0 saturated carbocycles. The van der Waals surface area contributed by atoms with Crippen molar-refractivity contribution in [1.82, 2.24) is 4.57 Å². The van der Waals surface area contributed by atoms with Crippen molar-refractivity contribution in [2.24, 2.45) is 27.6 Å². The molecule has 0 unspecified atom stereocenters. The third kappa shape index (κ3) is 4.64. The van der Waals surface area contributed by atoms with E-state index in [1.807, 2.05) is 59.3 Å². The molecule has 0 atom stereocenters. The summed E-state index contributed by atoms with van der Waals surface area (Å²) in [5, 5.41) is 7.07. The Balaban J connectivity index is 1.83. The van der Waals surface area contributed by atoms with E-state index in [0.717, 1.165) is 27.8 Å². The van der Waals surface area contributed by atoms with E-state index < -0.39 is 5.91 Å². The summed E-state index contributed by atoms with van der Waals surface area (Å²) in [6, 6.07) is 15.7. The van der Waals surface area contributed by atoms with Gasteiger partial charge in [0.1, 0.15) is 0 Å². The molecule has 1 aromatic heterocycles. The van der Waals surface area contributed by atoms with Gasteiger partial charge in [0.15, 0.2) is 0 Å². The normalized spacial score (nSPS) is 11.4. The van der Waals surface area contributed by atoms with Crippen LogP contribution in [0.3, 0.4) is 0 Å². The molecule has 0 aliphatic rings. The van der Waals surface area contributed by atoms with Gasteiger partial charge < -0.3 is 22.0 Å². The molecule has 0 bridgehead atoms. The minimum absolute atomic E-state index is 0.440. The molecule has 28 heavy (non-hydrogen) atoms. The lowest BCUT2D eigenvalue weighted by Crippen LogP contribution is -2.12. The molecule has 7 heteroatoms. The van der Waals surface area contributed by atoms with Gasteiger partial charge in [0.05, 0.1) is 18.0 Å². The molecule has 142 valence electrons. The van der Waals surface area contributed by atoms with E-state index in [1.54, 1.807) is 18.6 Å². The molecule has 1 heterocycles. The number of nitrogens with zero attached hydrogens (tertiary/aromatic N) is 3. The van der Waals surface area contributed by atoms with Crippen molar-refractivity contribution in [3.05, 3.63) is 94.3 Å². The summed E-state index contributed by atoms with van der Waals surface area (Å²) >= 11 is 0. The topological polar surface area (TPSA) is 125 Å². The van der Waals surface area contributed by atoms with Gasteiger partial charge in [0.2, 0.25) is 0 Å². The first-order valence-electron chi connectivity index (χ1n) is 8.72. The Kier molecular flexibility index (Phi) is 5.86. The van der Waals surface area contributed by atoms with Crippen LogP contribution in [-0.4, -0.2) is 22.9 Å². The summed E-state index contributed by atoms with van der Waals surface area (Å²) < 4.78 is 1.96. The van der Waals surface area contributed by atoms with E-state index in [1.165, 1.54) is 0 Å². The predicted octanol–water partition coefficient (Wildman–Crippen LogP) is 1.81. The molecule has 0 saturated heterocycles. The number of carbonyl (C=O) groups excluding carboxylic acids is 1. The van der Waals surface area contributed by atoms with Crippen LogP contribution in [-0.2, 0) is 13.0 Å². The highest BCUT2D eigenvalue weighted by atomic mass is 16.1. The molecule has 0 aliphatic carbocycles. The van der Waals surface area contributed by atoms with E-state index in [9.17, 15) is 4.79 Å². The Morgan fingerprint density at radius 2 is 1.64 bits per heavy atom. The average Bonchev–Trinajstić information content (AvgIpc) is 3.07. The number of benzene rings is 2. The first-order valence-corrected chi connectivity index (χ1v) is 8.72. The molecule has 0 spiro atoms. The van der Waals surface area contributed by atoms with Crippen molar-refractivity contribution in [3.8, 4) is 0 Å². The van der Waals surface area contributed by atoms with Crippen molar-refractivity contribution in [2.75, 3.05) is 0 Å². The molecule has 3 rings (SSSR count). The number of hydrogen-bond donors (Lipinski definition) is 3. The first kappa shape index (κ1) is 18.9. The van der Waals surface area contributed by atoms with Gasteiger partial charge in [0, 0.05) is 18.9 Å². The smallest absolute Gasteiger partial charge is 0.250 e. The van der Waals surface area contributed by atoms with E-state index in [2.05, 4.69) is 10.2 Å². The number of carbonyl (C=O) groups is 1. The summed E-state index contributed by atoms with van der Waals surface area (Å²) in [4.78, 5) is 11.9. The zero-order chi connectivity index (χ0) is 19.9. The van der Waals surface area contributed by atoms with Crippen LogP contribution in [0.5, 0.6) is 0 Å². The number of nitrogens with two attached hydrogens (primary N) is 3. The van der Waals surface area contributed by atoms with Gasteiger partial charge >= 0.3 is 0 Å². The minimum Gasteiger partial charge on any atom is -0.366 e. The standard InChI is InChI=1S/C21H22N6O/c22-21(28)20-14-27(12-18-3-1-2-17(8-18)11-26-24)13-19(20)9-15-4-6-16(7-5-15)10-25-23/h1-8,10-11,13-14H,9,12,23-24H2,(H2,22,28)/b25-10-,26-11-. The third-order valence-corrected chi connectivity index (χ3v) is 4.37. The maximum Gasteiger partial charge on any atom is 0.250 e. The molecule has 0 radical (unpaired) electrons. The van der Waals surface area contributed by atoms with Crippen molar-refractivity contribution < 1.29 is 4.79 Å². The Bertz CT molecular complexity index is 1020. The van der Waals surface area contributed by atoms with Crippen LogP contribution in [0.4, 0.5) is 0 Å². The van der Waals surface area contributed by atoms with Crippen molar-refractivity contribution >= 4 is 18.3 Å². The van der Waals surface area contributed by atoms with E-state index in [4.69, 9.17) is 17.4 Å². The molecule has 0 fully saturated rings. The van der Waals surface area contributed by atoms with E-state index >= 15 is 0 Å². The van der Waals surface area contributed by atoms with Gasteiger partial charge in [0.25, 0.3) is 5.91 Å². The lowest BCUT2D eigenvalue weighted by molar-refractivity contribution is 0.0999. The SMILES string of the molecule is N/N=C\c1ccc(Cc2cn(Cc3cccc(/C=N\N)c3)cc2C(N)=O)cc1. The fraction of sp³-hybridized carbons (Fsp3) is 0.0952. The molecule has 3 aromatic rings. The lowest BCUT2D eigenvalue weighted by Gasteiger charge is -2.04. The maximum atomic E-state index is 11.9. The minimum atomic E-state index is -0.440. The van der Waals surface area contributed by atoms with Gasteiger partial charge in [-0.25, -0.2) is 0 Å². The van der Waals surface area contributed by atoms with Crippen molar-refractivity contribution in [3.63, 3.8) is 0 Å². The molecule has 6 N–H and O–H groups in total. The summed E-state index contributed by atoms with van der Waals surface area (Å²) in [7, 11) is 0. The number of hydrazone groups is 2. The zero-order valence-corrected chi connectivity index (χ0v) is 15.3. The summed E-state index contributed by atoms with van der Waals surface area (Å²) in [5.74, 6) is 9.95. The molecule has 2 aromatic carbocycles. The predicted molar refractivity (Wildman–Crippen MR) is 111 cm³/mol. The van der Waals surface area contributed by atoms with Crippen LogP contribution >= 0.6 is 0 Å². The number of aromatic nitrogens is 1. The van der Waals surface area contributed by atoms with Crippen LogP contribution < -0.4 is 17.4 Å². The van der Waals surface area contributed by atoms with Crippen LogP contribution in [0.1, 0.15) is 38.2 Å². The Labute approximate surface area is 163 Å². The van der Waals surface area contributed by atoms with Crippen LogP contribution in [0.2, 0.25) is 0 Å². The zero-order valence-electron chi connectivity index (χ0n) is 15.3. The number of rotatable bonds is 7. The van der Waals surface area contributed by atoms with Crippen LogP contribution in [0.15, 0.2) is 71.1 Å². The average molecular weight is 374 g/mol. The van der Waals surface area contributed by atoms with Gasteiger partial charge in [-0.3, -0.25) is 4.79 Å². The van der Waals surface area contributed by atoms with Gasteiger partial charge in [-0.05, 0) is 40.3 Å². The third-order valence-electron chi connectivity index (χ3n) is 4.37. The second-order valence-corrected chi connectivity index (χ2v) is 6.45. The molecule has 1 amide bonds.